The fraction of sp³-hybridized carbons (Fsp3) is 0.647. The minimum Gasteiger partial charge on any atom is -0.311 e. The zero-order chi connectivity index (χ0) is 13.8. The molecule has 0 radical (unpaired) electrons. The van der Waals surface area contributed by atoms with Gasteiger partial charge in [0.15, 0.2) is 0 Å². The van der Waals surface area contributed by atoms with Crippen LogP contribution in [0.1, 0.15) is 37.7 Å². The van der Waals surface area contributed by atoms with Crippen molar-refractivity contribution in [2.24, 2.45) is 5.92 Å². The highest BCUT2D eigenvalue weighted by molar-refractivity contribution is 5.16. The fourth-order valence-electron chi connectivity index (χ4n) is 3.69. The fourth-order valence-corrected chi connectivity index (χ4v) is 3.69. The second-order valence-corrected chi connectivity index (χ2v) is 6.32. The molecule has 1 aromatic carbocycles. The summed E-state index contributed by atoms with van der Waals surface area (Å²) in [5.74, 6) is 0.717. The van der Waals surface area contributed by atoms with Gasteiger partial charge in [-0.1, -0.05) is 31.4 Å². The molecule has 3 heteroatoms. The predicted molar refractivity (Wildman–Crippen MR) is 80.0 cm³/mol. The first-order valence-electron chi connectivity index (χ1n) is 8.01. The van der Waals surface area contributed by atoms with Gasteiger partial charge in [0.2, 0.25) is 0 Å². The third-order valence-corrected chi connectivity index (χ3v) is 4.83. The third kappa shape index (κ3) is 3.58. The van der Waals surface area contributed by atoms with E-state index in [1.165, 1.54) is 37.7 Å². The Labute approximate surface area is 121 Å². The van der Waals surface area contributed by atoms with Crippen LogP contribution in [0.25, 0.3) is 0 Å². The van der Waals surface area contributed by atoms with Crippen LogP contribution in [0.3, 0.4) is 0 Å². The topological polar surface area (TPSA) is 15.3 Å². The second-order valence-electron chi connectivity index (χ2n) is 6.32. The first-order valence-corrected chi connectivity index (χ1v) is 8.01. The van der Waals surface area contributed by atoms with E-state index in [-0.39, 0.29) is 5.82 Å². The van der Waals surface area contributed by atoms with Crippen molar-refractivity contribution in [3.63, 3.8) is 0 Å². The van der Waals surface area contributed by atoms with Gasteiger partial charge < -0.3 is 5.32 Å². The zero-order valence-corrected chi connectivity index (χ0v) is 12.2. The van der Waals surface area contributed by atoms with Crippen LogP contribution < -0.4 is 5.32 Å². The molecule has 1 N–H and O–H groups in total. The highest BCUT2D eigenvalue weighted by atomic mass is 19.1. The summed E-state index contributed by atoms with van der Waals surface area (Å²) in [7, 11) is 0. The monoisotopic (exact) mass is 276 g/mol. The van der Waals surface area contributed by atoms with E-state index in [2.05, 4.69) is 10.2 Å². The summed E-state index contributed by atoms with van der Waals surface area (Å²) in [6.45, 7) is 4.27. The number of halogens is 1. The van der Waals surface area contributed by atoms with Crippen LogP contribution in [-0.4, -0.2) is 30.6 Å². The van der Waals surface area contributed by atoms with E-state index in [9.17, 15) is 4.39 Å². The molecule has 1 aliphatic heterocycles. The summed E-state index contributed by atoms with van der Waals surface area (Å²) in [5.41, 5.74) is 1.22. The van der Waals surface area contributed by atoms with Gasteiger partial charge in [0, 0.05) is 32.2 Å². The summed E-state index contributed by atoms with van der Waals surface area (Å²) in [5, 5.41) is 3.71. The molecular weight excluding hydrogens is 251 g/mol. The predicted octanol–water partition coefficient (Wildman–Crippen LogP) is 3.18. The Balaban J connectivity index is 1.56. The van der Waals surface area contributed by atoms with Crippen LogP contribution in [0.15, 0.2) is 24.3 Å². The molecule has 0 aromatic heterocycles. The number of nitrogens with one attached hydrogen (secondary N) is 1. The van der Waals surface area contributed by atoms with Gasteiger partial charge in [0.25, 0.3) is 0 Å². The lowest BCUT2D eigenvalue weighted by Crippen LogP contribution is -2.53. The van der Waals surface area contributed by atoms with Gasteiger partial charge in [-0.05, 0) is 36.5 Å². The molecule has 1 heterocycles. The normalized spacial score (nSPS) is 25.8. The highest BCUT2D eigenvalue weighted by Gasteiger charge is 2.27. The molecule has 3 rings (SSSR count). The van der Waals surface area contributed by atoms with E-state index in [0.29, 0.717) is 6.04 Å². The van der Waals surface area contributed by atoms with Crippen molar-refractivity contribution in [1.29, 1.82) is 0 Å². The Morgan fingerprint density at radius 3 is 2.60 bits per heavy atom. The maximum absolute atomic E-state index is 12.9. The maximum atomic E-state index is 12.9. The van der Waals surface area contributed by atoms with Gasteiger partial charge >= 0.3 is 0 Å². The quantitative estimate of drug-likeness (QED) is 0.912. The number of hydrogen-bond donors (Lipinski definition) is 1. The Kier molecular flexibility index (Phi) is 4.69. The standard InChI is InChI=1S/C17H25FN2/c18-16-8-6-14(7-9-16)12-20-11-10-19-17(13-20)15-4-2-1-3-5-15/h6-9,15,17,19H,1-5,10-13H2. The first-order chi connectivity index (χ1) is 9.81. The van der Waals surface area contributed by atoms with Crippen LogP contribution >= 0.6 is 0 Å². The third-order valence-electron chi connectivity index (χ3n) is 4.83. The first kappa shape index (κ1) is 14.0. The maximum Gasteiger partial charge on any atom is 0.123 e. The molecule has 20 heavy (non-hydrogen) atoms. The number of hydrogen-bond acceptors (Lipinski definition) is 2. The molecule has 2 fully saturated rings. The second kappa shape index (κ2) is 6.68. The van der Waals surface area contributed by atoms with E-state index < -0.39 is 0 Å². The Bertz CT molecular complexity index is 412. The van der Waals surface area contributed by atoms with Gasteiger partial charge in [-0.3, -0.25) is 4.90 Å². The zero-order valence-electron chi connectivity index (χ0n) is 12.2. The Morgan fingerprint density at radius 1 is 1.10 bits per heavy atom. The summed E-state index contributed by atoms with van der Waals surface area (Å²) in [4.78, 5) is 2.52. The van der Waals surface area contributed by atoms with Crippen LogP contribution in [0.5, 0.6) is 0 Å². The highest BCUT2D eigenvalue weighted by Crippen LogP contribution is 2.27. The molecule has 2 aliphatic rings. The van der Waals surface area contributed by atoms with Crippen molar-refractivity contribution in [3.05, 3.63) is 35.6 Å². The molecule has 0 amide bonds. The smallest absolute Gasteiger partial charge is 0.123 e. The number of nitrogens with zero attached hydrogens (tertiary/aromatic N) is 1. The van der Waals surface area contributed by atoms with Crippen LogP contribution in [0.4, 0.5) is 4.39 Å². The molecule has 1 unspecified atom stereocenters. The summed E-state index contributed by atoms with van der Waals surface area (Å²) < 4.78 is 12.9. The summed E-state index contributed by atoms with van der Waals surface area (Å²) in [6, 6.07) is 7.61. The van der Waals surface area contributed by atoms with Gasteiger partial charge in [0.1, 0.15) is 5.82 Å². The number of benzene rings is 1. The van der Waals surface area contributed by atoms with Crippen LogP contribution in [0, 0.1) is 11.7 Å². The van der Waals surface area contributed by atoms with Gasteiger partial charge in [0.05, 0.1) is 0 Å². The average Bonchev–Trinajstić information content (AvgIpc) is 2.51. The molecule has 1 aliphatic carbocycles. The molecule has 2 nitrogen and oxygen atoms in total. The Hall–Kier alpha value is -0.930. The Morgan fingerprint density at radius 2 is 1.85 bits per heavy atom. The molecule has 110 valence electrons. The lowest BCUT2D eigenvalue weighted by molar-refractivity contribution is 0.141. The van der Waals surface area contributed by atoms with Crippen molar-refractivity contribution in [3.8, 4) is 0 Å². The molecule has 0 spiro atoms. The van der Waals surface area contributed by atoms with E-state index in [1.54, 1.807) is 12.1 Å². The largest absolute Gasteiger partial charge is 0.311 e. The van der Waals surface area contributed by atoms with Crippen molar-refractivity contribution < 1.29 is 4.39 Å². The molecular formula is C17H25FN2. The molecule has 1 aromatic rings. The number of piperazine rings is 1. The lowest BCUT2D eigenvalue weighted by atomic mass is 9.83. The van der Waals surface area contributed by atoms with Gasteiger partial charge in [-0.25, -0.2) is 4.39 Å². The summed E-state index contributed by atoms with van der Waals surface area (Å²) in [6.07, 6.45) is 7.01. The molecule has 1 saturated carbocycles. The summed E-state index contributed by atoms with van der Waals surface area (Å²) >= 11 is 0. The van der Waals surface area contributed by atoms with Crippen LogP contribution in [0.2, 0.25) is 0 Å². The van der Waals surface area contributed by atoms with Crippen molar-refractivity contribution in [2.45, 2.75) is 44.7 Å². The minimum absolute atomic E-state index is 0.144. The lowest BCUT2D eigenvalue weighted by Gasteiger charge is -2.39. The van der Waals surface area contributed by atoms with E-state index in [1.807, 2.05) is 12.1 Å². The van der Waals surface area contributed by atoms with Crippen molar-refractivity contribution >= 4 is 0 Å². The van der Waals surface area contributed by atoms with E-state index in [4.69, 9.17) is 0 Å². The van der Waals surface area contributed by atoms with E-state index >= 15 is 0 Å². The SMILES string of the molecule is Fc1ccc(CN2CCNC(C3CCCCC3)C2)cc1. The molecule has 0 bridgehead atoms. The van der Waals surface area contributed by atoms with Gasteiger partial charge in [-0.2, -0.15) is 0 Å². The molecule has 1 atom stereocenters. The average molecular weight is 276 g/mol. The minimum atomic E-state index is -0.144. The number of rotatable bonds is 3. The molecule has 1 saturated heterocycles. The van der Waals surface area contributed by atoms with Crippen molar-refractivity contribution in [1.82, 2.24) is 10.2 Å². The van der Waals surface area contributed by atoms with E-state index in [0.717, 1.165) is 32.1 Å². The van der Waals surface area contributed by atoms with Gasteiger partial charge in [-0.15, -0.1) is 0 Å². The van der Waals surface area contributed by atoms with Crippen LogP contribution in [-0.2, 0) is 6.54 Å². The van der Waals surface area contributed by atoms with Crippen molar-refractivity contribution in [2.75, 3.05) is 19.6 Å².